The Balaban J connectivity index is -0.000000177. The van der Waals surface area contributed by atoms with Crippen LogP contribution in [-0.4, -0.2) is 32.5 Å². The summed E-state index contributed by atoms with van der Waals surface area (Å²) in [5.41, 5.74) is 5.05. The molecule has 0 bridgehead atoms. The third-order valence-electron chi connectivity index (χ3n) is 0.860. The van der Waals surface area contributed by atoms with Gasteiger partial charge in [0, 0.05) is 22.4 Å². The smallest absolute Gasteiger partial charge is 0.232 e. The molecule has 0 unspecified atom stereocenters. The van der Waals surface area contributed by atoms with Crippen molar-refractivity contribution in [2.45, 2.75) is 12.8 Å². The second-order valence-corrected chi connectivity index (χ2v) is 5.77. The molecule has 0 fully saturated rings. The average molecular weight is 307 g/mol. The Morgan fingerprint density at radius 1 is 1.07 bits per heavy atom. The number of alkyl halides is 2. The van der Waals surface area contributed by atoms with Crippen LogP contribution in [-0.2, 0) is 9.05 Å². The molecule has 90 valence electrons. The van der Waals surface area contributed by atoms with Crippen molar-refractivity contribution >= 4 is 55.3 Å². The molecule has 0 saturated carbocycles. The van der Waals surface area contributed by atoms with Crippen LogP contribution in [0.1, 0.15) is 12.8 Å². The van der Waals surface area contributed by atoms with Crippen molar-refractivity contribution in [3.63, 3.8) is 0 Å². The van der Waals surface area contributed by atoms with E-state index in [9.17, 15) is 8.42 Å². The Kier molecular flexibility index (Phi) is 20.6. The standard InChI is InChI=1S/C3H6Cl2O2S.C3H8ClN.ClH/c4-2-1-3-8(5,6)7;4-2-1-3-5;/h1-3H2;1-3,5H2;1H. The maximum atomic E-state index is 10.1. The minimum absolute atomic E-state index is 0. The van der Waals surface area contributed by atoms with Crippen LogP contribution >= 0.6 is 46.3 Å². The van der Waals surface area contributed by atoms with Gasteiger partial charge in [-0.05, 0) is 19.4 Å². The first kappa shape index (κ1) is 20.5. The van der Waals surface area contributed by atoms with E-state index in [0.717, 1.165) is 6.42 Å². The van der Waals surface area contributed by atoms with E-state index >= 15 is 0 Å². The van der Waals surface area contributed by atoms with Crippen molar-refractivity contribution < 1.29 is 8.42 Å². The van der Waals surface area contributed by atoms with Crippen LogP contribution in [0.15, 0.2) is 0 Å². The SMILES string of the molecule is Cl.NCCCCl.O=S(=O)(Cl)CCCCl. The van der Waals surface area contributed by atoms with Crippen LogP contribution < -0.4 is 5.73 Å². The highest BCUT2D eigenvalue weighted by Crippen LogP contribution is 1.98. The van der Waals surface area contributed by atoms with Gasteiger partial charge in [-0.25, -0.2) is 8.42 Å². The molecule has 0 radical (unpaired) electrons. The number of nitrogens with two attached hydrogens (primary N) is 1. The molecule has 0 aliphatic carbocycles. The van der Waals surface area contributed by atoms with Crippen LogP contribution in [0.2, 0.25) is 0 Å². The summed E-state index contributed by atoms with van der Waals surface area (Å²) in [4.78, 5) is 0. The van der Waals surface area contributed by atoms with Gasteiger partial charge in [0.2, 0.25) is 9.05 Å². The summed E-state index contributed by atoms with van der Waals surface area (Å²) in [5.74, 6) is 1.00. The van der Waals surface area contributed by atoms with E-state index in [4.69, 9.17) is 39.6 Å². The van der Waals surface area contributed by atoms with E-state index in [0.29, 0.717) is 24.7 Å². The van der Waals surface area contributed by atoms with Gasteiger partial charge in [0.15, 0.2) is 0 Å². The molecule has 0 saturated heterocycles. The highest BCUT2D eigenvalue weighted by atomic mass is 35.7. The van der Waals surface area contributed by atoms with Gasteiger partial charge in [0.05, 0.1) is 5.75 Å². The summed E-state index contributed by atoms with van der Waals surface area (Å²) in [6, 6.07) is 0. The largest absolute Gasteiger partial charge is 0.330 e. The first-order valence-electron chi connectivity index (χ1n) is 3.72. The van der Waals surface area contributed by atoms with E-state index in [1.165, 1.54) is 0 Å². The fourth-order valence-electron chi connectivity index (χ4n) is 0.304. The zero-order valence-electron chi connectivity index (χ0n) is 7.59. The molecule has 0 spiro atoms. The Bertz CT molecular complexity index is 184. The van der Waals surface area contributed by atoms with Crippen molar-refractivity contribution in [3.8, 4) is 0 Å². The summed E-state index contributed by atoms with van der Waals surface area (Å²) in [6.45, 7) is 0.712. The minimum atomic E-state index is -3.30. The van der Waals surface area contributed by atoms with E-state index < -0.39 is 9.05 Å². The van der Waals surface area contributed by atoms with E-state index in [1.54, 1.807) is 0 Å². The summed E-state index contributed by atoms with van der Waals surface area (Å²) >= 11 is 10.4. The topological polar surface area (TPSA) is 60.2 Å². The molecular weight excluding hydrogens is 292 g/mol. The lowest BCUT2D eigenvalue weighted by molar-refractivity contribution is 0.608. The van der Waals surface area contributed by atoms with Crippen molar-refractivity contribution in [1.82, 2.24) is 0 Å². The molecule has 0 amide bonds. The van der Waals surface area contributed by atoms with Crippen molar-refractivity contribution in [1.29, 1.82) is 0 Å². The molecular formula is C6H15Cl4NO2S. The highest BCUT2D eigenvalue weighted by Gasteiger charge is 2.01. The molecule has 3 nitrogen and oxygen atoms in total. The zero-order valence-corrected chi connectivity index (χ0v) is 11.5. The fraction of sp³-hybridized carbons (Fsp3) is 1.00. The minimum Gasteiger partial charge on any atom is -0.330 e. The van der Waals surface area contributed by atoms with E-state index in [-0.39, 0.29) is 18.2 Å². The zero-order chi connectivity index (χ0) is 10.7. The average Bonchev–Trinajstić information content (AvgIpc) is 2.02. The first-order valence-corrected chi connectivity index (χ1v) is 7.27. The lowest BCUT2D eigenvalue weighted by atomic mass is 10.5. The molecule has 2 N–H and O–H groups in total. The molecule has 0 heterocycles. The normalized spacial score (nSPS) is 9.71. The second kappa shape index (κ2) is 14.1. The Hall–Kier alpha value is 1.07. The number of hydrogen-bond acceptors (Lipinski definition) is 3. The maximum Gasteiger partial charge on any atom is 0.232 e. The maximum absolute atomic E-state index is 10.1. The summed E-state index contributed by atoms with van der Waals surface area (Å²) in [7, 11) is 1.53. The Morgan fingerprint density at radius 3 is 1.57 bits per heavy atom. The highest BCUT2D eigenvalue weighted by molar-refractivity contribution is 8.13. The quantitative estimate of drug-likeness (QED) is 0.625. The van der Waals surface area contributed by atoms with Crippen LogP contribution in [0.3, 0.4) is 0 Å². The summed E-state index contributed by atoms with van der Waals surface area (Å²) in [6.07, 6.45) is 1.36. The molecule has 0 aromatic rings. The number of halogens is 4. The van der Waals surface area contributed by atoms with Crippen molar-refractivity contribution in [3.05, 3.63) is 0 Å². The molecule has 8 heteroatoms. The Labute approximate surface area is 106 Å². The van der Waals surface area contributed by atoms with Crippen molar-refractivity contribution in [2.75, 3.05) is 24.1 Å². The van der Waals surface area contributed by atoms with E-state index in [1.807, 2.05) is 0 Å². The lowest BCUT2D eigenvalue weighted by Gasteiger charge is -1.87. The van der Waals surface area contributed by atoms with Gasteiger partial charge in [0.25, 0.3) is 0 Å². The summed E-state index contributed by atoms with van der Waals surface area (Å²) < 4.78 is 20.2. The Morgan fingerprint density at radius 2 is 1.50 bits per heavy atom. The van der Waals surface area contributed by atoms with Crippen molar-refractivity contribution in [2.24, 2.45) is 5.73 Å². The van der Waals surface area contributed by atoms with Crippen LogP contribution in [0.25, 0.3) is 0 Å². The molecule has 0 aliphatic heterocycles. The van der Waals surface area contributed by atoms with Crippen LogP contribution in [0, 0.1) is 0 Å². The molecule has 0 rings (SSSR count). The van der Waals surface area contributed by atoms with Gasteiger partial charge in [-0.1, -0.05) is 0 Å². The monoisotopic (exact) mass is 305 g/mol. The third-order valence-corrected chi connectivity index (χ3v) is 2.63. The van der Waals surface area contributed by atoms with Gasteiger partial charge >= 0.3 is 0 Å². The third kappa shape index (κ3) is 29.2. The summed E-state index contributed by atoms with van der Waals surface area (Å²) in [5, 5.41) is 0. The second-order valence-electron chi connectivity index (χ2n) is 2.12. The fourth-order valence-corrected chi connectivity index (χ4v) is 1.57. The first-order chi connectivity index (χ1) is 5.97. The molecule has 0 aromatic carbocycles. The molecule has 0 aromatic heterocycles. The molecule has 0 aliphatic rings. The van der Waals surface area contributed by atoms with E-state index in [2.05, 4.69) is 0 Å². The van der Waals surface area contributed by atoms with Gasteiger partial charge in [0.1, 0.15) is 0 Å². The molecule has 14 heavy (non-hydrogen) atoms. The van der Waals surface area contributed by atoms with Crippen LogP contribution in [0.5, 0.6) is 0 Å². The van der Waals surface area contributed by atoms with Gasteiger partial charge in [-0.15, -0.1) is 35.6 Å². The van der Waals surface area contributed by atoms with Gasteiger partial charge in [-0.3, -0.25) is 0 Å². The number of hydrogen-bond donors (Lipinski definition) is 1. The van der Waals surface area contributed by atoms with Gasteiger partial charge < -0.3 is 5.73 Å². The number of rotatable bonds is 5. The van der Waals surface area contributed by atoms with Crippen LogP contribution in [0.4, 0.5) is 0 Å². The molecule has 0 atom stereocenters. The predicted molar refractivity (Wildman–Crippen MR) is 66.6 cm³/mol. The lowest BCUT2D eigenvalue weighted by Crippen LogP contribution is -1.97. The predicted octanol–water partition coefficient (Wildman–Crippen LogP) is 2.18. The van der Waals surface area contributed by atoms with Gasteiger partial charge in [-0.2, -0.15) is 0 Å².